The van der Waals surface area contributed by atoms with E-state index in [0.29, 0.717) is 19.2 Å². The number of aromatic nitrogens is 5. The predicted molar refractivity (Wildman–Crippen MR) is 102 cm³/mol. The monoisotopic (exact) mass is 369 g/mol. The van der Waals surface area contributed by atoms with Crippen molar-refractivity contribution in [1.29, 1.82) is 0 Å². The maximum absolute atomic E-state index is 9.68. The minimum absolute atomic E-state index is 0.216. The van der Waals surface area contributed by atoms with Crippen LogP contribution in [0.5, 0.6) is 5.75 Å². The van der Waals surface area contributed by atoms with E-state index in [1.54, 1.807) is 35.3 Å². The first kappa shape index (κ1) is 18.2. The molecule has 26 heavy (non-hydrogen) atoms. The summed E-state index contributed by atoms with van der Waals surface area (Å²) in [5, 5.41) is 21.6. The van der Waals surface area contributed by atoms with Gasteiger partial charge in [0.25, 0.3) is 0 Å². The fourth-order valence-electron chi connectivity index (χ4n) is 2.43. The molecule has 2 heterocycles. The highest BCUT2D eigenvalue weighted by molar-refractivity contribution is 6.76. The van der Waals surface area contributed by atoms with E-state index in [0.717, 1.165) is 22.7 Å². The lowest BCUT2D eigenvalue weighted by atomic mass is 10.1. The minimum atomic E-state index is -1.12. The predicted octanol–water partition coefficient (Wildman–Crippen LogP) is 3.42. The Balaban J connectivity index is 1.76. The molecule has 3 rings (SSSR count). The fourth-order valence-corrected chi connectivity index (χ4v) is 3.19. The second-order valence-electron chi connectivity index (χ2n) is 7.36. The first-order valence-corrected chi connectivity index (χ1v) is 12.2. The van der Waals surface area contributed by atoms with Gasteiger partial charge in [0.15, 0.2) is 5.82 Å². The van der Waals surface area contributed by atoms with Gasteiger partial charge < -0.3 is 9.84 Å². The van der Waals surface area contributed by atoms with Crippen LogP contribution in [0.25, 0.3) is 22.5 Å². The van der Waals surface area contributed by atoms with Gasteiger partial charge >= 0.3 is 0 Å². The summed E-state index contributed by atoms with van der Waals surface area (Å²) >= 11 is 0. The van der Waals surface area contributed by atoms with Crippen molar-refractivity contribution in [3.05, 3.63) is 42.7 Å². The van der Waals surface area contributed by atoms with Crippen LogP contribution < -0.4 is 0 Å². The van der Waals surface area contributed by atoms with Gasteiger partial charge in [-0.25, -0.2) is 0 Å². The zero-order chi connectivity index (χ0) is 18.6. The average Bonchev–Trinajstić information content (AvgIpc) is 3.07. The Bertz CT molecular complexity index is 876. The smallest absolute Gasteiger partial charge is 0.185 e. The molecular formula is C18H23N5O2Si. The topological polar surface area (TPSA) is 86.0 Å². The lowest BCUT2D eigenvalue weighted by Gasteiger charge is -2.15. The number of benzene rings is 1. The van der Waals surface area contributed by atoms with Crippen LogP contribution >= 0.6 is 0 Å². The molecule has 0 spiro atoms. The Morgan fingerprint density at radius 3 is 2.65 bits per heavy atom. The van der Waals surface area contributed by atoms with Crippen LogP contribution in [-0.2, 0) is 11.5 Å². The summed E-state index contributed by atoms with van der Waals surface area (Å²) < 4.78 is 7.38. The molecule has 0 aliphatic rings. The number of phenols is 1. The van der Waals surface area contributed by atoms with Crippen molar-refractivity contribution in [3.8, 4) is 28.3 Å². The Kier molecular flexibility index (Phi) is 5.43. The van der Waals surface area contributed by atoms with Crippen molar-refractivity contribution < 1.29 is 9.84 Å². The Hall–Kier alpha value is -2.58. The van der Waals surface area contributed by atoms with E-state index in [-0.39, 0.29) is 5.75 Å². The van der Waals surface area contributed by atoms with E-state index in [1.165, 1.54) is 0 Å². The molecule has 0 aliphatic heterocycles. The summed E-state index contributed by atoms with van der Waals surface area (Å²) in [5.74, 6) is 0.820. The largest absolute Gasteiger partial charge is 0.508 e. The van der Waals surface area contributed by atoms with E-state index in [9.17, 15) is 5.11 Å². The Morgan fingerprint density at radius 1 is 1.08 bits per heavy atom. The molecule has 0 fully saturated rings. The van der Waals surface area contributed by atoms with Crippen LogP contribution in [0.4, 0.5) is 0 Å². The van der Waals surface area contributed by atoms with Gasteiger partial charge in [0.2, 0.25) is 0 Å². The lowest BCUT2D eigenvalue weighted by Crippen LogP contribution is -2.22. The number of nitrogens with zero attached hydrogens (tertiary/aromatic N) is 5. The molecule has 0 unspecified atom stereocenters. The molecule has 0 saturated carbocycles. The highest BCUT2D eigenvalue weighted by atomic mass is 28.3. The van der Waals surface area contributed by atoms with Crippen molar-refractivity contribution in [2.45, 2.75) is 32.4 Å². The molecule has 0 radical (unpaired) electrons. The van der Waals surface area contributed by atoms with Gasteiger partial charge in [0, 0.05) is 38.2 Å². The number of aromatic hydroxyl groups is 1. The molecule has 0 atom stereocenters. The van der Waals surface area contributed by atoms with Crippen molar-refractivity contribution in [2.24, 2.45) is 0 Å². The normalized spacial score (nSPS) is 11.7. The first-order chi connectivity index (χ1) is 12.4. The van der Waals surface area contributed by atoms with Gasteiger partial charge in [-0.1, -0.05) is 31.8 Å². The second-order valence-corrected chi connectivity index (χ2v) is 13.0. The molecule has 1 N–H and O–H groups in total. The van der Waals surface area contributed by atoms with Crippen LogP contribution in [0, 0.1) is 0 Å². The molecular weight excluding hydrogens is 346 g/mol. The lowest BCUT2D eigenvalue weighted by molar-refractivity contribution is 0.0784. The van der Waals surface area contributed by atoms with Crippen molar-refractivity contribution >= 4 is 8.07 Å². The molecule has 8 heteroatoms. The van der Waals surface area contributed by atoms with Crippen LogP contribution in [-0.4, -0.2) is 45.0 Å². The van der Waals surface area contributed by atoms with Gasteiger partial charge in [-0.05, 0) is 40.2 Å². The van der Waals surface area contributed by atoms with Crippen LogP contribution in [0.2, 0.25) is 25.7 Å². The van der Waals surface area contributed by atoms with Crippen molar-refractivity contribution in [1.82, 2.24) is 25.2 Å². The van der Waals surface area contributed by atoms with E-state index in [4.69, 9.17) is 4.74 Å². The summed E-state index contributed by atoms with van der Waals surface area (Å²) in [6.45, 7) is 7.96. The summed E-state index contributed by atoms with van der Waals surface area (Å²) in [6.07, 6.45) is 3.47. The molecule has 0 amide bonds. The number of rotatable bonds is 7. The molecule has 3 aromatic rings. The molecule has 1 aromatic carbocycles. The summed E-state index contributed by atoms with van der Waals surface area (Å²) in [4.78, 5) is 4.29. The SMILES string of the molecule is C[Si](C)(C)CCOCn1nnnc1-c1cncc(-c2cccc(O)c2)c1. The second kappa shape index (κ2) is 7.75. The Morgan fingerprint density at radius 2 is 1.88 bits per heavy atom. The number of phenolic OH excluding ortho intramolecular Hbond substituents is 1. The number of pyridine rings is 1. The van der Waals surface area contributed by atoms with E-state index < -0.39 is 8.07 Å². The number of hydrogen-bond acceptors (Lipinski definition) is 6. The summed E-state index contributed by atoms with van der Waals surface area (Å²) in [5.41, 5.74) is 2.56. The third-order valence-corrected chi connectivity index (χ3v) is 5.62. The van der Waals surface area contributed by atoms with E-state index in [2.05, 4.69) is 40.2 Å². The number of tetrazole rings is 1. The van der Waals surface area contributed by atoms with Gasteiger partial charge in [0.1, 0.15) is 12.5 Å². The number of ether oxygens (including phenoxy) is 1. The first-order valence-electron chi connectivity index (χ1n) is 8.51. The standard InChI is InChI=1S/C18H23N5O2Si/c1-26(2,3)8-7-25-13-23-18(20-21-22-23)16-9-15(11-19-12-16)14-5-4-6-17(24)10-14/h4-6,9-12,24H,7-8,13H2,1-3H3. The van der Waals surface area contributed by atoms with Gasteiger partial charge in [-0.3, -0.25) is 4.98 Å². The Labute approximate surface area is 153 Å². The zero-order valence-electron chi connectivity index (χ0n) is 15.3. The zero-order valence-corrected chi connectivity index (χ0v) is 16.3. The van der Waals surface area contributed by atoms with E-state index >= 15 is 0 Å². The summed E-state index contributed by atoms with van der Waals surface area (Å²) in [6, 6.07) is 10.1. The molecule has 0 bridgehead atoms. The maximum Gasteiger partial charge on any atom is 0.185 e. The molecule has 7 nitrogen and oxygen atoms in total. The molecule has 0 aliphatic carbocycles. The third-order valence-electron chi connectivity index (χ3n) is 3.92. The van der Waals surface area contributed by atoms with E-state index in [1.807, 2.05) is 12.1 Å². The molecule has 136 valence electrons. The fraction of sp³-hybridized carbons (Fsp3) is 0.333. The summed E-state index contributed by atoms with van der Waals surface area (Å²) in [7, 11) is -1.12. The van der Waals surface area contributed by atoms with Crippen molar-refractivity contribution in [3.63, 3.8) is 0 Å². The molecule has 2 aromatic heterocycles. The third kappa shape index (κ3) is 4.74. The quantitative estimate of drug-likeness (QED) is 0.507. The molecule has 0 saturated heterocycles. The maximum atomic E-state index is 9.68. The van der Waals surface area contributed by atoms with Gasteiger partial charge in [-0.15, -0.1) is 5.10 Å². The van der Waals surface area contributed by atoms with Crippen LogP contribution in [0.3, 0.4) is 0 Å². The number of hydrogen-bond donors (Lipinski definition) is 1. The van der Waals surface area contributed by atoms with Gasteiger partial charge in [-0.2, -0.15) is 4.68 Å². The van der Waals surface area contributed by atoms with Crippen LogP contribution in [0.15, 0.2) is 42.7 Å². The average molecular weight is 370 g/mol. The minimum Gasteiger partial charge on any atom is -0.508 e. The highest BCUT2D eigenvalue weighted by Crippen LogP contribution is 2.26. The van der Waals surface area contributed by atoms with Crippen molar-refractivity contribution in [2.75, 3.05) is 6.61 Å². The highest BCUT2D eigenvalue weighted by Gasteiger charge is 2.14. The van der Waals surface area contributed by atoms with Crippen LogP contribution in [0.1, 0.15) is 0 Å². The van der Waals surface area contributed by atoms with Gasteiger partial charge in [0.05, 0.1) is 0 Å².